The Bertz CT molecular complexity index is 788. The summed E-state index contributed by atoms with van der Waals surface area (Å²) in [4.78, 5) is 0. The molecule has 4 rings (SSSR count). The number of hydrogen-bond donors (Lipinski definition) is 0. The predicted molar refractivity (Wildman–Crippen MR) is 111 cm³/mol. The summed E-state index contributed by atoms with van der Waals surface area (Å²) in [6.07, 6.45) is 8.50. The van der Waals surface area contributed by atoms with Crippen LogP contribution in [-0.2, 0) is 6.16 Å². The maximum absolute atomic E-state index is 2.50. The van der Waals surface area contributed by atoms with E-state index in [9.17, 15) is 0 Å². The molecule has 2 heteroatoms. The van der Waals surface area contributed by atoms with Gasteiger partial charge in [0.15, 0.2) is 0 Å². The zero-order valence-corrected chi connectivity index (χ0v) is 17.3. The lowest BCUT2D eigenvalue weighted by Gasteiger charge is -2.32. The van der Waals surface area contributed by atoms with Crippen LogP contribution in [0.25, 0.3) is 0 Å². The standard InChI is InChI=1S/C24H24P.BrH/c1-4-12-21(13-5-1)20-25(24-18-10-11-19-24,22-14-6-2-7-15-22)23-16-8-3-9-17-23;/h1-10,12-18,24H,11,19-20H2;1H/q+1;/p-1. The molecule has 1 atom stereocenters. The van der Waals surface area contributed by atoms with Crippen molar-refractivity contribution in [1.29, 1.82) is 0 Å². The van der Waals surface area contributed by atoms with Crippen LogP contribution in [0.4, 0.5) is 0 Å². The monoisotopic (exact) mass is 422 g/mol. The third-order valence-corrected chi connectivity index (χ3v) is 10.1. The average molecular weight is 423 g/mol. The molecular formula is C24H24BrP. The van der Waals surface area contributed by atoms with Crippen LogP contribution >= 0.6 is 7.26 Å². The van der Waals surface area contributed by atoms with Crippen molar-refractivity contribution in [2.24, 2.45) is 0 Å². The number of benzene rings is 3. The van der Waals surface area contributed by atoms with Gasteiger partial charge in [-0.05, 0) is 48.7 Å². The van der Waals surface area contributed by atoms with Crippen LogP contribution in [0.15, 0.2) is 103 Å². The van der Waals surface area contributed by atoms with E-state index in [1.165, 1.54) is 29.0 Å². The minimum Gasteiger partial charge on any atom is -1.00 e. The molecule has 0 saturated carbocycles. The summed E-state index contributed by atoms with van der Waals surface area (Å²) in [7, 11) is -1.56. The molecule has 26 heavy (non-hydrogen) atoms. The highest BCUT2D eigenvalue weighted by Crippen LogP contribution is 2.65. The molecule has 0 bridgehead atoms. The maximum atomic E-state index is 2.50. The molecule has 0 aromatic heterocycles. The van der Waals surface area contributed by atoms with Crippen molar-refractivity contribution in [3.05, 3.63) is 109 Å². The molecule has 0 heterocycles. The summed E-state index contributed by atoms with van der Waals surface area (Å²) in [5.74, 6) is 0. The van der Waals surface area contributed by atoms with Crippen LogP contribution < -0.4 is 27.6 Å². The van der Waals surface area contributed by atoms with Gasteiger partial charge in [0.1, 0.15) is 10.6 Å². The molecule has 0 amide bonds. The number of halogens is 1. The second kappa shape index (κ2) is 8.80. The van der Waals surface area contributed by atoms with Crippen molar-refractivity contribution >= 4 is 17.9 Å². The van der Waals surface area contributed by atoms with E-state index in [1.807, 2.05) is 0 Å². The lowest BCUT2D eigenvalue weighted by molar-refractivity contribution is -0.00000489. The second-order valence-electron chi connectivity index (χ2n) is 6.76. The first-order valence-electron chi connectivity index (χ1n) is 9.09. The normalized spacial score (nSPS) is 16.2. The smallest absolute Gasteiger partial charge is 0.100 e. The van der Waals surface area contributed by atoms with Crippen LogP contribution in [0.2, 0.25) is 0 Å². The minimum absolute atomic E-state index is 0. The van der Waals surface area contributed by atoms with Gasteiger partial charge in [-0.3, -0.25) is 0 Å². The first-order chi connectivity index (χ1) is 12.4. The Morgan fingerprint density at radius 3 is 1.65 bits per heavy atom. The van der Waals surface area contributed by atoms with Gasteiger partial charge in [0.2, 0.25) is 0 Å². The van der Waals surface area contributed by atoms with Crippen molar-refractivity contribution in [1.82, 2.24) is 0 Å². The Kier molecular flexibility index (Phi) is 6.46. The van der Waals surface area contributed by atoms with Crippen molar-refractivity contribution in [3.63, 3.8) is 0 Å². The van der Waals surface area contributed by atoms with E-state index < -0.39 is 7.26 Å². The molecular weight excluding hydrogens is 399 g/mol. The zero-order valence-electron chi connectivity index (χ0n) is 14.8. The molecule has 0 aliphatic heterocycles. The van der Waals surface area contributed by atoms with Crippen molar-refractivity contribution < 1.29 is 17.0 Å². The molecule has 0 N–H and O–H groups in total. The van der Waals surface area contributed by atoms with E-state index in [0.717, 1.165) is 6.16 Å². The Morgan fingerprint density at radius 2 is 1.19 bits per heavy atom. The second-order valence-corrected chi connectivity index (χ2v) is 10.5. The fourth-order valence-corrected chi connectivity index (χ4v) is 8.94. The third-order valence-electron chi connectivity index (χ3n) is 5.26. The van der Waals surface area contributed by atoms with E-state index in [0.29, 0.717) is 5.66 Å². The van der Waals surface area contributed by atoms with Crippen LogP contribution in [-0.4, -0.2) is 5.66 Å². The summed E-state index contributed by atoms with van der Waals surface area (Å²) in [6, 6.07) is 33.6. The van der Waals surface area contributed by atoms with E-state index in [4.69, 9.17) is 0 Å². The first kappa shape index (κ1) is 19.1. The summed E-state index contributed by atoms with van der Waals surface area (Å²) in [6.45, 7) is 0. The predicted octanol–water partition coefficient (Wildman–Crippen LogP) is 2.58. The Morgan fingerprint density at radius 1 is 0.692 bits per heavy atom. The van der Waals surface area contributed by atoms with Crippen LogP contribution in [0.3, 0.4) is 0 Å². The lowest BCUT2D eigenvalue weighted by Crippen LogP contribution is -3.00. The van der Waals surface area contributed by atoms with Gasteiger partial charge in [-0.2, -0.15) is 0 Å². The molecule has 0 spiro atoms. The Balaban J connectivity index is 0.00000196. The first-order valence-corrected chi connectivity index (χ1v) is 11.1. The molecule has 1 unspecified atom stereocenters. The Hall–Kier alpha value is -1.69. The van der Waals surface area contributed by atoms with Gasteiger partial charge in [-0.25, -0.2) is 0 Å². The summed E-state index contributed by atoms with van der Waals surface area (Å²) < 4.78 is 0. The van der Waals surface area contributed by atoms with Crippen molar-refractivity contribution in [2.75, 3.05) is 0 Å². The van der Waals surface area contributed by atoms with Gasteiger partial charge < -0.3 is 17.0 Å². The van der Waals surface area contributed by atoms with Crippen molar-refractivity contribution in [3.8, 4) is 0 Å². The fraction of sp³-hybridized carbons (Fsp3) is 0.167. The number of rotatable bonds is 5. The van der Waals surface area contributed by atoms with E-state index >= 15 is 0 Å². The van der Waals surface area contributed by atoms with E-state index in [-0.39, 0.29) is 17.0 Å². The molecule has 3 aromatic carbocycles. The molecule has 0 radical (unpaired) electrons. The van der Waals surface area contributed by atoms with E-state index in [1.54, 1.807) is 0 Å². The van der Waals surface area contributed by atoms with Gasteiger partial charge in [0.05, 0.1) is 19.1 Å². The van der Waals surface area contributed by atoms with E-state index in [2.05, 4.69) is 103 Å². The molecule has 0 fully saturated rings. The summed E-state index contributed by atoms with van der Waals surface area (Å²) >= 11 is 0. The third kappa shape index (κ3) is 3.70. The number of allylic oxidation sites excluding steroid dienone is 2. The zero-order chi connectivity index (χ0) is 17.0. The average Bonchev–Trinajstić information content (AvgIpc) is 3.23. The SMILES string of the molecule is C1=CC([P+](Cc2ccccc2)(c2ccccc2)c2ccccc2)CC1.[Br-]. The van der Waals surface area contributed by atoms with Gasteiger partial charge in [-0.15, -0.1) is 0 Å². The van der Waals surface area contributed by atoms with Gasteiger partial charge in [0.25, 0.3) is 0 Å². The molecule has 0 saturated heterocycles. The minimum atomic E-state index is -1.56. The summed E-state index contributed by atoms with van der Waals surface area (Å²) in [5.41, 5.74) is 2.08. The molecule has 0 nitrogen and oxygen atoms in total. The van der Waals surface area contributed by atoms with Crippen molar-refractivity contribution in [2.45, 2.75) is 24.7 Å². The Labute approximate surface area is 168 Å². The molecule has 1 aliphatic rings. The number of hydrogen-bond acceptors (Lipinski definition) is 0. The van der Waals surface area contributed by atoms with Crippen LogP contribution in [0.5, 0.6) is 0 Å². The highest BCUT2D eigenvalue weighted by atomic mass is 79.9. The molecule has 132 valence electrons. The van der Waals surface area contributed by atoms with Crippen LogP contribution in [0, 0.1) is 0 Å². The largest absolute Gasteiger partial charge is 1.00 e. The van der Waals surface area contributed by atoms with Crippen LogP contribution in [0.1, 0.15) is 18.4 Å². The molecule has 3 aromatic rings. The highest BCUT2D eigenvalue weighted by Gasteiger charge is 2.49. The quantitative estimate of drug-likeness (QED) is 0.437. The fourth-order valence-electron chi connectivity index (χ4n) is 4.08. The lowest BCUT2D eigenvalue weighted by atomic mass is 10.2. The highest BCUT2D eigenvalue weighted by molar-refractivity contribution is 7.89. The topological polar surface area (TPSA) is 0 Å². The maximum Gasteiger partial charge on any atom is 0.100 e. The summed E-state index contributed by atoms with van der Waals surface area (Å²) in [5, 5.41) is 3.06. The van der Waals surface area contributed by atoms with Gasteiger partial charge >= 0.3 is 0 Å². The molecule has 1 aliphatic carbocycles. The van der Waals surface area contributed by atoms with Gasteiger partial charge in [0, 0.05) is 0 Å². The van der Waals surface area contributed by atoms with Gasteiger partial charge in [-0.1, -0.05) is 72.8 Å².